The first-order chi connectivity index (χ1) is 9.25. The van der Waals surface area contributed by atoms with Gasteiger partial charge in [-0.2, -0.15) is 0 Å². The van der Waals surface area contributed by atoms with Crippen molar-refractivity contribution in [2.45, 2.75) is 50.6 Å². The van der Waals surface area contributed by atoms with Gasteiger partial charge in [0, 0.05) is 11.3 Å². The average molecular weight is 274 g/mol. The van der Waals surface area contributed by atoms with Gasteiger partial charge in [-0.25, -0.2) is 0 Å². The molecule has 0 aromatic heterocycles. The summed E-state index contributed by atoms with van der Waals surface area (Å²) < 4.78 is 0. The first-order valence-corrected chi connectivity index (χ1v) is 8.27. The lowest BCUT2D eigenvalue weighted by molar-refractivity contribution is 0.292. The minimum atomic E-state index is 0.273. The number of hydrogen-bond donors (Lipinski definition) is 1. The minimum Gasteiger partial charge on any atom is -0.360 e. The van der Waals surface area contributed by atoms with Crippen molar-refractivity contribution >= 4 is 16.9 Å². The summed E-state index contributed by atoms with van der Waals surface area (Å²) in [6, 6.07) is 11.0. The van der Waals surface area contributed by atoms with E-state index in [1.54, 1.807) is 0 Å². The zero-order chi connectivity index (χ0) is 13.1. The van der Waals surface area contributed by atoms with E-state index in [1.165, 1.54) is 37.7 Å². The molecule has 0 radical (unpaired) electrons. The van der Waals surface area contributed by atoms with Crippen LogP contribution in [-0.4, -0.2) is 16.5 Å². The molecule has 3 heteroatoms. The van der Waals surface area contributed by atoms with Gasteiger partial charge in [-0.15, -0.1) is 0 Å². The van der Waals surface area contributed by atoms with Crippen molar-refractivity contribution in [2.75, 3.05) is 5.75 Å². The Bertz CT molecular complexity index is 449. The maximum Gasteiger partial charge on any atom is 0.157 e. The second kappa shape index (κ2) is 5.58. The summed E-state index contributed by atoms with van der Waals surface area (Å²) in [5.41, 5.74) is 1.61. The normalized spacial score (nSPS) is 25.9. The average Bonchev–Trinajstić information content (AvgIpc) is 2.88. The molecule has 2 aliphatic rings. The third-order valence-electron chi connectivity index (χ3n) is 4.20. The number of nitrogens with zero attached hydrogens (tertiary/aromatic N) is 1. The Morgan fingerprint density at radius 3 is 2.63 bits per heavy atom. The van der Waals surface area contributed by atoms with Gasteiger partial charge in [-0.1, -0.05) is 61.4 Å². The third kappa shape index (κ3) is 3.14. The highest BCUT2D eigenvalue weighted by Gasteiger charge is 2.30. The Morgan fingerprint density at radius 1 is 1.16 bits per heavy atom. The lowest BCUT2D eigenvalue weighted by Gasteiger charge is -2.35. The van der Waals surface area contributed by atoms with Crippen molar-refractivity contribution in [3.05, 3.63) is 35.9 Å². The Kier molecular flexibility index (Phi) is 3.83. The summed E-state index contributed by atoms with van der Waals surface area (Å²) in [6.45, 7) is 2.35. The molecule has 102 valence electrons. The van der Waals surface area contributed by atoms with Crippen molar-refractivity contribution in [1.82, 2.24) is 5.32 Å². The van der Waals surface area contributed by atoms with Gasteiger partial charge >= 0.3 is 0 Å². The van der Waals surface area contributed by atoms with E-state index in [9.17, 15) is 0 Å². The van der Waals surface area contributed by atoms with Crippen LogP contribution in [0.25, 0.3) is 0 Å². The minimum absolute atomic E-state index is 0.273. The van der Waals surface area contributed by atoms with Gasteiger partial charge in [0.1, 0.15) is 0 Å². The molecule has 0 saturated heterocycles. The smallest absolute Gasteiger partial charge is 0.157 e. The van der Waals surface area contributed by atoms with E-state index in [2.05, 4.69) is 42.6 Å². The SMILES string of the molecule is CC1(NC2=NC(c3ccccc3)CS2)CCCCC1. The molecule has 1 aliphatic carbocycles. The maximum atomic E-state index is 4.87. The Hall–Kier alpha value is -0.960. The largest absolute Gasteiger partial charge is 0.360 e. The van der Waals surface area contributed by atoms with Crippen molar-refractivity contribution in [3.63, 3.8) is 0 Å². The van der Waals surface area contributed by atoms with Crippen LogP contribution in [-0.2, 0) is 0 Å². The number of hydrogen-bond acceptors (Lipinski definition) is 3. The molecule has 1 aromatic rings. The molecule has 1 aliphatic heterocycles. The van der Waals surface area contributed by atoms with E-state index in [0.29, 0.717) is 6.04 Å². The Labute approximate surface area is 120 Å². The molecule has 1 fully saturated rings. The molecular weight excluding hydrogens is 252 g/mol. The Balaban J connectivity index is 1.66. The fourth-order valence-corrected chi connectivity index (χ4v) is 4.11. The van der Waals surface area contributed by atoms with Crippen LogP contribution in [0.2, 0.25) is 0 Å². The predicted octanol–water partition coefficient (Wildman–Crippen LogP) is 4.14. The van der Waals surface area contributed by atoms with Crippen LogP contribution in [0.15, 0.2) is 35.3 Å². The fraction of sp³-hybridized carbons (Fsp3) is 0.562. The second-order valence-electron chi connectivity index (χ2n) is 5.92. The summed E-state index contributed by atoms with van der Waals surface area (Å²) in [6.07, 6.45) is 6.65. The molecule has 0 bridgehead atoms. The highest BCUT2D eigenvalue weighted by molar-refractivity contribution is 8.14. The zero-order valence-electron chi connectivity index (χ0n) is 11.6. The highest BCUT2D eigenvalue weighted by Crippen LogP contribution is 2.33. The number of aliphatic imine (C=N–C) groups is 1. The highest BCUT2D eigenvalue weighted by atomic mass is 32.2. The number of amidine groups is 1. The summed E-state index contributed by atoms with van der Waals surface area (Å²) in [5.74, 6) is 1.07. The van der Waals surface area contributed by atoms with Gasteiger partial charge in [0.2, 0.25) is 0 Å². The zero-order valence-corrected chi connectivity index (χ0v) is 12.4. The quantitative estimate of drug-likeness (QED) is 0.876. The molecule has 2 nitrogen and oxygen atoms in total. The van der Waals surface area contributed by atoms with E-state index >= 15 is 0 Å². The number of rotatable bonds is 2. The molecule has 1 atom stereocenters. The standard InChI is InChI=1S/C16H22N2S/c1-16(10-6-3-7-11-16)18-15-17-14(12-19-15)13-8-4-2-5-9-13/h2,4-5,8-9,14H,3,6-7,10-12H2,1H3,(H,17,18). The van der Waals surface area contributed by atoms with Gasteiger partial charge in [-0.05, 0) is 25.3 Å². The molecule has 0 spiro atoms. The van der Waals surface area contributed by atoms with Gasteiger partial charge in [0.25, 0.3) is 0 Å². The van der Waals surface area contributed by atoms with Crippen LogP contribution in [0, 0.1) is 0 Å². The molecule has 0 amide bonds. The van der Waals surface area contributed by atoms with E-state index < -0.39 is 0 Å². The monoisotopic (exact) mass is 274 g/mol. The summed E-state index contributed by atoms with van der Waals surface area (Å²) in [5, 5.41) is 4.86. The summed E-state index contributed by atoms with van der Waals surface area (Å²) in [7, 11) is 0. The van der Waals surface area contributed by atoms with Gasteiger partial charge in [0.15, 0.2) is 5.17 Å². The maximum absolute atomic E-state index is 4.87. The number of thioether (sulfide) groups is 1. The molecule has 1 unspecified atom stereocenters. The van der Waals surface area contributed by atoms with Crippen LogP contribution in [0.5, 0.6) is 0 Å². The van der Waals surface area contributed by atoms with Crippen LogP contribution in [0.1, 0.15) is 50.6 Å². The van der Waals surface area contributed by atoms with Crippen LogP contribution < -0.4 is 5.32 Å². The molecule has 1 N–H and O–H groups in total. The van der Waals surface area contributed by atoms with Crippen molar-refractivity contribution in [1.29, 1.82) is 0 Å². The van der Waals surface area contributed by atoms with Crippen molar-refractivity contribution in [2.24, 2.45) is 4.99 Å². The molecule has 1 aromatic carbocycles. The first kappa shape index (κ1) is 13.0. The van der Waals surface area contributed by atoms with E-state index in [0.717, 1.165) is 10.9 Å². The van der Waals surface area contributed by atoms with Crippen molar-refractivity contribution in [3.8, 4) is 0 Å². The lowest BCUT2D eigenvalue weighted by Crippen LogP contribution is -2.45. The van der Waals surface area contributed by atoms with E-state index in [1.807, 2.05) is 11.8 Å². The first-order valence-electron chi connectivity index (χ1n) is 7.29. The number of nitrogens with one attached hydrogen (secondary N) is 1. The van der Waals surface area contributed by atoms with Gasteiger partial charge in [-0.3, -0.25) is 4.99 Å². The topological polar surface area (TPSA) is 24.4 Å². The third-order valence-corrected chi connectivity index (χ3v) is 5.16. The van der Waals surface area contributed by atoms with E-state index in [4.69, 9.17) is 4.99 Å². The number of benzene rings is 1. The molecule has 19 heavy (non-hydrogen) atoms. The van der Waals surface area contributed by atoms with Crippen LogP contribution >= 0.6 is 11.8 Å². The second-order valence-corrected chi connectivity index (χ2v) is 6.93. The Morgan fingerprint density at radius 2 is 1.89 bits per heavy atom. The predicted molar refractivity (Wildman–Crippen MR) is 83.7 cm³/mol. The molecular formula is C16H22N2S. The van der Waals surface area contributed by atoms with E-state index in [-0.39, 0.29) is 5.54 Å². The molecule has 1 saturated carbocycles. The molecule has 3 rings (SSSR count). The lowest BCUT2D eigenvalue weighted by atomic mass is 9.83. The summed E-state index contributed by atoms with van der Waals surface area (Å²) in [4.78, 5) is 4.87. The van der Waals surface area contributed by atoms with Crippen LogP contribution in [0.4, 0.5) is 0 Å². The van der Waals surface area contributed by atoms with Crippen LogP contribution in [0.3, 0.4) is 0 Å². The van der Waals surface area contributed by atoms with Gasteiger partial charge in [0.05, 0.1) is 6.04 Å². The fourth-order valence-electron chi connectivity index (χ4n) is 3.00. The van der Waals surface area contributed by atoms with Gasteiger partial charge < -0.3 is 5.32 Å². The summed E-state index contributed by atoms with van der Waals surface area (Å²) >= 11 is 1.88. The molecule has 1 heterocycles. The van der Waals surface area contributed by atoms with Crippen molar-refractivity contribution < 1.29 is 0 Å².